The Morgan fingerprint density at radius 3 is 2.32 bits per heavy atom. The zero-order chi connectivity index (χ0) is 29.9. The summed E-state index contributed by atoms with van der Waals surface area (Å²) in [6, 6.07) is 8.19. The van der Waals surface area contributed by atoms with Crippen LogP contribution in [0.5, 0.6) is 5.88 Å². The van der Waals surface area contributed by atoms with Crippen molar-refractivity contribution in [3.63, 3.8) is 0 Å². The summed E-state index contributed by atoms with van der Waals surface area (Å²) in [5, 5.41) is 10.7. The quantitative estimate of drug-likeness (QED) is 0.271. The first-order chi connectivity index (χ1) is 19.5. The average Bonchev–Trinajstić information content (AvgIpc) is 2.92. The van der Waals surface area contributed by atoms with Crippen molar-refractivity contribution in [2.24, 2.45) is 0 Å². The van der Waals surface area contributed by atoms with Crippen molar-refractivity contribution in [3.05, 3.63) is 99.6 Å². The van der Waals surface area contributed by atoms with Gasteiger partial charge in [-0.25, -0.2) is 22.2 Å². The van der Waals surface area contributed by atoms with Crippen molar-refractivity contribution < 1.29 is 36.2 Å². The highest BCUT2D eigenvalue weighted by molar-refractivity contribution is 7.91. The van der Waals surface area contributed by atoms with Gasteiger partial charge in [-0.1, -0.05) is 12.1 Å². The van der Waals surface area contributed by atoms with Crippen LogP contribution in [-0.4, -0.2) is 48.4 Å². The molecule has 13 heteroatoms. The van der Waals surface area contributed by atoms with Gasteiger partial charge < -0.3 is 14.6 Å². The molecule has 9 nitrogen and oxygen atoms in total. The van der Waals surface area contributed by atoms with E-state index >= 15 is 0 Å². The molecule has 0 unspecified atom stereocenters. The summed E-state index contributed by atoms with van der Waals surface area (Å²) in [5.41, 5.74) is -0.00345. The van der Waals surface area contributed by atoms with Gasteiger partial charge in [0.1, 0.15) is 24.1 Å². The molecule has 2 heterocycles. The van der Waals surface area contributed by atoms with Gasteiger partial charge in [0.15, 0.2) is 4.90 Å². The summed E-state index contributed by atoms with van der Waals surface area (Å²) in [7, 11) is -3.40. The van der Waals surface area contributed by atoms with E-state index in [4.69, 9.17) is 9.47 Å². The molecule has 41 heavy (non-hydrogen) atoms. The Bertz CT molecular complexity index is 1720. The van der Waals surface area contributed by atoms with Gasteiger partial charge in [0.05, 0.1) is 17.5 Å². The van der Waals surface area contributed by atoms with Crippen molar-refractivity contribution in [1.29, 1.82) is 0 Å². The summed E-state index contributed by atoms with van der Waals surface area (Å²) in [5.74, 6) is -3.79. The van der Waals surface area contributed by atoms with E-state index in [1.54, 1.807) is 13.0 Å². The van der Waals surface area contributed by atoms with E-state index in [0.29, 0.717) is 17.2 Å². The van der Waals surface area contributed by atoms with Gasteiger partial charge in [-0.3, -0.25) is 9.36 Å². The number of benzene rings is 2. The van der Waals surface area contributed by atoms with Crippen LogP contribution in [0.15, 0.2) is 69.3 Å². The predicted octanol–water partition coefficient (Wildman–Crippen LogP) is 4.34. The van der Waals surface area contributed by atoms with Crippen LogP contribution in [0, 0.1) is 24.5 Å². The van der Waals surface area contributed by atoms with Crippen LogP contribution in [-0.2, 0) is 25.9 Å². The normalized spacial score (nSPS) is 12.4. The lowest BCUT2D eigenvalue weighted by molar-refractivity contribution is 0.116. The SMILES string of the molecule is CCOCc1nc(O)c(S(=O)(=O)c2ccc(-c3ccnc(F)c3C)cc2)c(=O)n1[C@@H](COC)c1cc(F)cc(F)c1. The maximum absolute atomic E-state index is 14.1. The molecule has 1 N–H and O–H groups in total. The van der Waals surface area contributed by atoms with Crippen LogP contribution in [0.4, 0.5) is 13.2 Å². The number of aromatic nitrogens is 3. The fourth-order valence-corrected chi connectivity index (χ4v) is 5.74. The van der Waals surface area contributed by atoms with Crippen molar-refractivity contribution in [3.8, 4) is 17.0 Å². The van der Waals surface area contributed by atoms with Crippen LogP contribution in [0.25, 0.3) is 11.1 Å². The van der Waals surface area contributed by atoms with Crippen LogP contribution < -0.4 is 5.56 Å². The van der Waals surface area contributed by atoms with Crippen LogP contribution >= 0.6 is 0 Å². The van der Waals surface area contributed by atoms with Crippen molar-refractivity contribution >= 4 is 9.84 Å². The number of hydrogen-bond donors (Lipinski definition) is 1. The number of sulfone groups is 1. The van der Waals surface area contributed by atoms with Crippen LogP contribution in [0.1, 0.15) is 29.9 Å². The fourth-order valence-electron chi connectivity index (χ4n) is 4.40. The largest absolute Gasteiger partial charge is 0.492 e. The van der Waals surface area contributed by atoms with Gasteiger partial charge in [0, 0.05) is 31.5 Å². The third-order valence-corrected chi connectivity index (χ3v) is 8.14. The second-order valence-electron chi connectivity index (χ2n) is 8.97. The van der Waals surface area contributed by atoms with Crippen molar-refractivity contribution in [1.82, 2.24) is 14.5 Å². The molecule has 0 spiro atoms. The first-order valence-electron chi connectivity index (χ1n) is 12.3. The monoisotopic (exact) mass is 589 g/mol. The Labute approximate surface area is 233 Å². The van der Waals surface area contributed by atoms with Gasteiger partial charge in [-0.05, 0) is 60.9 Å². The molecule has 4 rings (SSSR count). The summed E-state index contributed by atoms with van der Waals surface area (Å²) < 4.78 is 81.0. The summed E-state index contributed by atoms with van der Waals surface area (Å²) >= 11 is 0. The van der Waals surface area contributed by atoms with E-state index in [-0.39, 0.29) is 41.7 Å². The first kappa shape index (κ1) is 29.9. The summed E-state index contributed by atoms with van der Waals surface area (Å²) in [6.07, 6.45) is 1.28. The number of nitrogens with zero attached hydrogens (tertiary/aromatic N) is 3. The zero-order valence-electron chi connectivity index (χ0n) is 22.3. The molecule has 1 atom stereocenters. The number of ether oxygens (including phenoxy) is 2. The van der Waals surface area contributed by atoms with E-state index in [9.17, 15) is 31.5 Å². The summed E-state index contributed by atoms with van der Waals surface area (Å²) in [4.78, 5) is 20.0. The molecule has 2 aromatic carbocycles. The average molecular weight is 590 g/mol. The molecule has 216 valence electrons. The molecule has 2 aromatic heterocycles. The van der Waals surface area contributed by atoms with Crippen molar-refractivity contribution in [2.45, 2.75) is 36.3 Å². The zero-order valence-corrected chi connectivity index (χ0v) is 23.1. The number of methoxy groups -OCH3 is 1. The van der Waals surface area contributed by atoms with E-state index in [2.05, 4.69) is 9.97 Å². The van der Waals surface area contributed by atoms with Gasteiger partial charge in [-0.2, -0.15) is 9.37 Å². The minimum absolute atomic E-state index is 0.0376. The lowest BCUT2D eigenvalue weighted by Crippen LogP contribution is -2.35. The minimum atomic E-state index is -4.69. The molecule has 0 amide bonds. The Morgan fingerprint density at radius 2 is 1.71 bits per heavy atom. The van der Waals surface area contributed by atoms with Gasteiger partial charge in [0.25, 0.3) is 5.56 Å². The van der Waals surface area contributed by atoms with Crippen molar-refractivity contribution in [2.75, 3.05) is 20.3 Å². The predicted molar refractivity (Wildman–Crippen MR) is 142 cm³/mol. The van der Waals surface area contributed by atoms with Crippen LogP contribution in [0.3, 0.4) is 0 Å². The molecule has 0 aliphatic heterocycles. The number of hydrogen-bond acceptors (Lipinski definition) is 8. The van der Waals surface area contributed by atoms with Gasteiger partial charge >= 0.3 is 0 Å². The maximum Gasteiger partial charge on any atom is 0.277 e. The highest BCUT2D eigenvalue weighted by atomic mass is 32.2. The molecular weight excluding hydrogens is 563 g/mol. The molecule has 0 bridgehead atoms. The van der Waals surface area contributed by atoms with E-state index in [0.717, 1.165) is 16.7 Å². The Hall–Kier alpha value is -4.07. The molecule has 0 saturated heterocycles. The molecule has 4 aromatic rings. The number of aromatic hydroxyl groups is 1. The maximum atomic E-state index is 14.1. The van der Waals surface area contributed by atoms with Gasteiger partial charge in [-0.15, -0.1) is 0 Å². The minimum Gasteiger partial charge on any atom is -0.492 e. The molecule has 0 aliphatic rings. The standard InChI is InChI=1S/C28H26F3N3O6S/c1-4-40-15-24-33-27(35)25(28(36)34(24)23(14-39-3)18-11-19(29)13-20(30)12-18)41(37,38)21-7-5-17(6-8-21)22-9-10-32-26(31)16(22)2/h5-13,23,35H,4,14-15H2,1-3H3/t23-/m0/s1. The lowest BCUT2D eigenvalue weighted by atomic mass is 10.0. The molecule has 0 radical (unpaired) electrons. The van der Waals surface area contributed by atoms with Crippen LogP contribution in [0.2, 0.25) is 0 Å². The lowest BCUT2D eigenvalue weighted by Gasteiger charge is -2.24. The highest BCUT2D eigenvalue weighted by Crippen LogP contribution is 2.30. The Balaban J connectivity index is 1.90. The third kappa shape index (κ3) is 6.01. The number of halogens is 3. The second-order valence-corrected chi connectivity index (χ2v) is 10.9. The fraction of sp³-hybridized carbons (Fsp3) is 0.250. The number of pyridine rings is 1. The molecule has 0 aliphatic carbocycles. The Morgan fingerprint density at radius 1 is 1.05 bits per heavy atom. The first-order valence-corrected chi connectivity index (χ1v) is 13.8. The highest BCUT2D eigenvalue weighted by Gasteiger charge is 2.32. The second kappa shape index (κ2) is 12.2. The third-order valence-electron chi connectivity index (χ3n) is 6.36. The Kier molecular flexibility index (Phi) is 8.90. The topological polar surface area (TPSA) is 121 Å². The van der Waals surface area contributed by atoms with E-state index in [1.165, 1.54) is 44.5 Å². The van der Waals surface area contributed by atoms with E-state index in [1.807, 2.05) is 0 Å². The smallest absolute Gasteiger partial charge is 0.277 e. The van der Waals surface area contributed by atoms with Gasteiger partial charge in [0.2, 0.25) is 21.7 Å². The molecular formula is C28H26F3N3O6S. The number of rotatable bonds is 10. The molecule has 0 saturated carbocycles. The summed E-state index contributed by atoms with van der Waals surface area (Å²) in [6.45, 7) is 2.76. The van der Waals surface area contributed by atoms with E-state index < -0.39 is 49.8 Å². The molecule has 0 fully saturated rings.